The minimum atomic E-state index is -0.693. The van der Waals surface area contributed by atoms with E-state index in [1.54, 1.807) is 18.5 Å². The molecule has 0 aliphatic carbocycles. The van der Waals surface area contributed by atoms with Crippen LogP contribution in [-0.2, 0) is 16.0 Å². The standard InChI is InChI=1S/C25H26N4O3/c1-4-17-11-13-18(14-12-17)22-20(15-29(28-22)19-9-7-6-8-10-19)23-21(24(30)32-5-2)16(3)26-25(31)27-23/h6-15,23H,4-5H2,1-3H3,(H2,26,27,31)/t23-/m0/s1. The van der Waals surface area contributed by atoms with Crippen molar-refractivity contribution in [2.75, 3.05) is 6.61 Å². The third-order valence-electron chi connectivity index (χ3n) is 5.47. The third kappa shape index (κ3) is 4.14. The second-order valence-corrected chi connectivity index (χ2v) is 7.55. The number of aromatic nitrogens is 2. The van der Waals surface area contributed by atoms with Crippen molar-refractivity contribution in [3.8, 4) is 16.9 Å². The summed E-state index contributed by atoms with van der Waals surface area (Å²) in [6, 6.07) is 16.8. The smallest absolute Gasteiger partial charge is 0.338 e. The van der Waals surface area contributed by atoms with Crippen molar-refractivity contribution in [2.45, 2.75) is 33.2 Å². The Morgan fingerprint density at radius 1 is 1.09 bits per heavy atom. The summed E-state index contributed by atoms with van der Waals surface area (Å²) in [5.41, 5.74) is 5.25. The molecule has 7 heteroatoms. The molecule has 0 unspecified atom stereocenters. The lowest BCUT2D eigenvalue weighted by Gasteiger charge is -2.27. The van der Waals surface area contributed by atoms with Crippen molar-refractivity contribution in [1.29, 1.82) is 0 Å². The van der Waals surface area contributed by atoms with E-state index in [1.807, 2.05) is 48.7 Å². The zero-order valence-corrected chi connectivity index (χ0v) is 18.4. The number of nitrogens with zero attached hydrogens (tertiary/aromatic N) is 2. The number of urea groups is 1. The zero-order chi connectivity index (χ0) is 22.7. The zero-order valence-electron chi connectivity index (χ0n) is 18.4. The molecule has 4 rings (SSSR count). The maximum absolute atomic E-state index is 12.8. The number of carbonyl (C=O) groups is 2. The molecule has 0 saturated carbocycles. The molecule has 2 amide bonds. The lowest BCUT2D eigenvalue weighted by molar-refractivity contribution is -0.139. The second kappa shape index (κ2) is 9.09. The number of amides is 2. The van der Waals surface area contributed by atoms with Crippen LogP contribution in [0.4, 0.5) is 4.79 Å². The number of aryl methyl sites for hydroxylation is 1. The van der Waals surface area contributed by atoms with Gasteiger partial charge in [-0.2, -0.15) is 5.10 Å². The first-order valence-electron chi connectivity index (χ1n) is 10.7. The number of esters is 1. The number of carbonyl (C=O) groups excluding carboxylic acids is 2. The minimum Gasteiger partial charge on any atom is -0.463 e. The fraction of sp³-hybridized carbons (Fsp3) is 0.240. The van der Waals surface area contributed by atoms with Gasteiger partial charge in [0.05, 0.1) is 29.6 Å². The van der Waals surface area contributed by atoms with E-state index < -0.39 is 12.0 Å². The maximum atomic E-state index is 12.8. The van der Waals surface area contributed by atoms with Crippen LogP contribution in [0.1, 0.15) is 37.9 Å². The Kier molecular flexibility index (Phi) is 6.07. The Morgan fingerprint density at radius 2 is 1.81 bits per heavy atom. The molecule has 0 fully saturated rings. The summed E-state index contributed by atoms with van der Waals surface area (Å²) in [6.07, 6.45) is 2.80. The Morgan fingerprint density at radius 3 is 2.47 bits per heavy atom. The van der Waals surface area contributed by atoms with Crippen LogP contribution in [0.2, 0.25) is 0 Å². The predicted molar refractivity (Wildman–Crippen MR) is 122 cm³/mol. The SMILES string of the molecule is CCOC(=O)C1=C(C)NC(=O)N[C@H]1c1cn(-c2ccccc2)nc1-c1ccc(CC)cc1. The molecule has 1 atom stereocenters. The van der Waals surface area contributed by atoms with Gasteiger partial charge in [0.1, 0.15) is 0 Å². The predicted octanol–water partition coefficient (Wildman–Crippen LogP) is 4.29. The van der Waals surface area contributed by atoms with Gasteiger partial charge in [0.15, 0.2) is 0 Å². The Balaban J connectivity index is 1.89. The summed E-state index contributed by atoms with van der Waals surface area (Å²) in [4.78, 5) is 25.2. The average Bonchev–Trinajstić information content (AvgIpc) is 3.25. The van der Waals surface area contributed by atoms with Crippen LogP contribution in [0.5, 0.6) is 0 Å². The quantitative estimate of drug-likeness (QED) is 0.571. The molecular formula is C25H26N4O3. The third-order valence-corrected chi connectivity index (χ3v) is 5.47. The summed E-state index contributed by atoms with van der Waals surface area (Å²) in [5, 5.41) is 10.4. The van der Waals surface area contributed by atoms with Gasteiger partial charge in [0.2, 0.25) is 0 Å². The molecule has 1 aliphatic rings. The summed E-state index contributed by atoms with van der Waals surface area (Å²) >= 11 is 0. The van der Waals surface area contributed by atoms with Crippen LogP contribution in [0.25, 0.3) is 16.9 Å². The highest BCUT2D eigenvalue weighted by atomic mass is 16.5. The van der Waals surface area contributed by atoms with Crippen LogP contribution in [0.15, 0.2) is 72.1 Å². The normalized spacial score (nSPS) is 15.8. The molecule has 2 N–H and O–H groups in total. The first kappa shape index (κ1) is 21.4. The number of ether oxygens (including phenoxy) is 1. The van der Waals surface area contributed by atoms with Gasteiger partial charge in [0, 0.05) is 23.0 Å². The van der Waals surface area contributed by atoms with E-state index in [4.69, 9.17) is 9.84 Å². The highest BCUT2D eigenvalue weighted by Crippen LogP contribution is 2.35. The van der Waals surface area contributed by atoms with E-state index in [0.29, 0.717) is 17.0 Å². The average molecular weight is 431 g/mol. The highest BCUT2D eigenvalue weighted by molar-refractivity contribution is 5.95. The Hall–Kier alpha value is -3.87. The Labute approximate surface area is 187 Å². The number of rotatable bonds is 6. The fourth-order valence-electron chi connectivity index (χ4n) is 3.84. The largest absolute Gasteiger partial charge is 0.463 e. The minimum absolute atomic E-state index is 0.241. The van der Waals surface area contributed by atoms with E-state index in [1.165, 1.54) is 5.56 Å². The van der Waals surface area contributed by atoms with E-state index in [2.05, 4.69) is 29.7 Å². The molecule has 2 heterocycles. The number of allylic oxidation sites excluding steroid dienone is 1. The van der Waals surface area contributed by atoms with Gasteiger partial charge in [-0.05, 0) is 38.0 Å². The fourth-order valence-corrected chi connectivity index (χ4v) is 3.84. The van der Waals surface area contributed by atoms with Gasteiger partial charge in [-0.1, -0.05) is 49.4 Å². The van der Waals surface area contributed by atoms with E-state index in [-0.39, 0.29) is 12.6 Å². The summed E-state index contributed by atoms with van der Waals surface area (Å²) < 4.78 is 7.06. The number of hydrogen-bond donors (Lipinski definition) is 2. The lowest BCUT2D eigenvalue weighted by Crippen LogP contribution is -2.45. The van der Waals surface area contributed by atoms with Gasteiger partial charge in [-0.15, -0.1) is 0 Å². The van der Waals surface area contributed by atoms with E-state index in [0.717, 1.165) is 23.2 Å². The number of benzene rings is 2. The molecule has 0 bridgehead atoms. The molecule has 7 nitrogen and oxygen atoms in total. The molecule has 2 aromatic carbocycles. The summed E-state index contributed by atoms with van der Waals surface area (Å²) in [7, 11) is 0. The van der Waals surface area contributed by atoms with Gasteiger partial charge in [-0.3, -0.25) is 0 Å². The summed E-state index contributed by atoms with van der Waals surface area (Å²) in [6.45, 7) is 5.81. The number of nitrogens with one attached hydrogen (secondary N) is 2. The molecule has 0 spiro atoms. The molecule has 32 heavy (non-hydrogen) atoms. The van der Waals surface area contributed by atoms with Crippen molar-refractivity contribution in [3.05, 3.63) is 83.2 Å². The second-order valence-electron chi connectivity index (χ2n) is 7.55. The molecule has 0 radical (unpaired) electrons. The first-order chi connectivity index (χ1) is 15.5. The van der Waals surface area contributed by atoms with Crippen LogP contribution < -0.4 is 10.6 Å². The van der Waals surface area contributed by atoms with Gasteiger partial charge < -0.3 is 15.4 Å². The summed E-state index contributed by atoms with van der Waals surface area (Å²) in [5.74, 6) is -0.470. The van der Waals surface area contributed by atoms with Crippen molar-refractivity contribution in [3.63, 3.8) is 0 Å². The highest BCUT2D eigenvalue weighted by Gasteiger charge is 2.35. The molecule has 0 saturated heterocycles. The van der Waals surface area contributed by atoms with E-state index >= 15 is 0 Å². The van der Waals surface area contributed by atoms with Crippen molar-refractivity contribution in [2.24, 2.45) is 0 Å². The van der Waals surface area contributed by atoms with Gasteiger partial charge in [-0.25, -0.2) is 14.3 Å². The van der Waals surface area contributed by atoms with Gasteiger partial charge >= 0.3 is 12.0 Å². The lowest BCUT2D eigenvalue weighted by atomic mass is 9.93. The Bertz CT molecular complexity index is 1160. The van der Waals surface area contributed by atoms with Crippen LogP contribution in [0, 0.1) is 0 Å². The molecule has 3 aromatic rings. The van der Waals surface area contributed by atoms with Crippen LogP contribution in [0.3, 0.4) is 0 Å². The topological polar surface area (TPSA) is 85.2 Å². The van der Waals surface area contributed by atoms with Crippen molar-refractivity contribution >= 4 is 12.0 Å². The molecule has 164 valence electrons. The first-order valence-corrected chi connectivity index (χ1v) is 10.7. The number of hydrogen-bond acceptors (Lipinski definition) is 4. The van der Waals surface area contributed by atoms with E-state index in [9.17, 15) is 9.59 Å². The number of para-hydroxylation sites is 1. The molecule has 1 aromatic heterocycles. The maximum Gasteiger partial charge on any atom is 0.338 e. The molecular weight excluding hydrogens is 404 g/mol. The van der Waals surface area contributed by atoms with Gasteiger partial charge in [0.25, 0.3) is 0 Å². The van der Waals surface area contributed by atoms with Crippen molar-refractivity contribution < 1.29 is 14.3 Å². The van der Waals surface area contributed by atoms with Crippen LogP contribution in [-0.4, -0.2) is 28.4 Å². The van der Waals surface area contributed by atoms with Crippen LogP contribution >= 0.6 is 0 Å². The van der Waals surface area contributed by atoms with Crippen molar-refractivity contribution in [1.82, 2.24) is 20.4 Å². The monoisotopic (exact) mass is 430 g/mol. The molecule has 1 aliphatic heterocycles.